The Bertz CT molecular complexity index is 617. The Balaban J connectivity index is 2.12. The third-order valence-electron chi connectivity index (χ3n) is 3.85. The number of carbonyl (C=O) groups is 1. The van der Waals surface area contributed by atoms with E-state index in [4.69, 9.17) is 4.74 Å². The Labute approximate surface area is 125 Å². The highest BCUT2D eigenvalue weighted by molar-refractivity contribution is 7.90. The lowest BCUT2D eigenvalue weighted by atomic mass is 10.0. The second-order valence-electron chi connectivity index (χ2n) is 5.46. The summed E-state index contributed by atoms with van der Waals surface area (Å²) in [5.74, 6) is -0.729. The summed E-state index contributed by atoms with van der Waals surface area (Å²) in [7, 11) is -3.80. The number of rotatable bonds is 3. The Morgan fingerprint density at radius 3 is 2.67 bits per heavy atom. The number of nitrogens with one attached hydrogen (secondary N) is 1. The van der Waals surface area contributed by atoms with Gasteiger partial charge in [-0.05, 0) is 56.4 Å². The zero-order valence-electron chi connectivity index (χ0n) is 12.4. The van der Waals surface area contributed by atoms with Crippen LogP contribution in [0, 0.1) is 19.8 Å². The smallest absolute Gasteiger partial charge is 0.264 e. The SMILES string of the molecule is Cc1ccc(S(=O)(=O)NC(=O)C2CCCOCC2)cc1C. The maximum Gasteiger partial charge on any atom is 0.264 e. The zero-order valence-corrected chi connectivity index (χ0v) is 13.2. The molecule has 21 heavy (non-hydrogen) atoms. The fourth-order valence-corrected chi connectivity index (χ4v) is 3.45. The molecule has 5 nitrogen and oxygen atoms in total. The predicted molar refractivity (Wildman–Crippen MR) is 79.4 cm³/mol. The highest BCUT2D eigenvalue weighted by atomic mass is 32.2. The summed E-state index contributed by atoms with van der Waals surface area (Å²) >= 11 is 0. The van der Waals surface area contributed by atoms with Crippen LogP contribution in [0.4, 0.5) is 0 Å². The Hall–Kier alpha value is -1.40. The number of benzene rings is 1. The number of amides is 1. The fraction of sp³-hybridized carbons (Fsp3) is 0.533. The van der Waals surface area contributed by atoms with Gasteiger partial charge in [-0.3, -0.25) is 4.79 Å². The monoisotopic (exact) mass is 311 g/mol. The number of ether oxygens (including phenoxy) is 1. The lowest BCUT2D eigenvalue weighted by molar-refractivity contribution is -0.123. The number of sulfonamides is 1. The molecule has 0 spiro atoms. The van der Waals surface area contributed by atoms with E-state index < -0.39 is 15.9 Å². The van der Waals surface area contributed by atoms with E-state index >= 15 is 0 Å². The molecular weight excluding hydrogens is 290 g/mol. The first-order valence-corrected chi connectivity index (χ1v) is 8.60. The van der Waals surface area contributed by atoms with Gasteiger partial charge in [0.2, 0.25) is 5.91 Å². The minimum atomic E-state index is -3.80. The normalized spacial score (nSPS) is 19.8. The van der Waals surface area contributed by atoms with E-state index in [9.17, 15) is 13.2 Å². The number of carbonyl (C=O) groups excluding carboxylic acids is 1. The van der Waals surface area contributed by atoms with E-state index in [1.165, 1.54) is 6.07 Å². The summed E-state index contributed by atoms with van der Waals surface area (Å²) in [5, 5.41) is 0. The van der Waals surface area contributed by atoms with Gasteiger partial charge in [-0.15, -0.1) is 0 Å². The van der Waals surface area contributed by atoms with E-state index in [1.54, 1.807) is 12.1 Å². The topological polar surface area (TPSA) is 72.5 Å². The third kappa shape index (κ3) is 4.04. The van der Waals surface area contributed by atoms with Crippen molar-refractivity contribution in [3.8, 4) is 0 Å². The van der Waals surface area contributed by atoms with Crippen molar-refractivity contribution in [1.29, 1.82) is 0 Å². The van der Waals surface area contributed by atoms with Crippen LogP contribution in [0.5, 0.6) is 0 Å². The van der Waals surface area contributed by atoms with E-state index in [0.29, 0.717) is 26.1 Å². The Morgan fingerprint density at radius 2 is 1.95 bits per heavy atom. The van der Waals surface area contributed by atoms with Gasteiger partial charge in [0, 0.05) is 19.1 Å². The largest absolute Gasteiger partial charge is 0.381 e. The highest BCUT2D eigenvalue weighted by Gasteiger charge is 2.25. The van der Waals surface area contributed by atoms with Gasteiger partial charge in [0.05, 0.1) is 4.90 Å². The molecule has 1 unspecified atom stereocenters. The van der Waals surface area contributed by atoms with Crippen molar-refractivity contribution in [1.82, 2.24) is 4.72 Å². The molecule has 1 saturated heterocycles. The highest BCUT2D eigenvalue weighted by Crippen LogP contribution is 2.18. The van der Waals surface area contributed by atoms with Gasteiger partial charge in [0.1, 0.15) is 0 Å². The van der Waals surface area contributed by atoms with Gasteiger partial charge in [-0.25, -0.2) is 13.1 Å². The Kier molecular flexibility index (Phi) is 5.00. The molecule has 1 aliphatic rings. The standard InChI is InChI=1S/C15H21NO4S/c1-11-5-6-14(10-12(11)2)21(18,19)16-15(17)13-4-3-8-20-9-7-13/h5-6,10,13H,3-4,7-9H2,1-2H3,(H,16,17). The molecule has 6 heteroatoms. The molecule has 0 saturated carbocycles. The van der Waals surface area contributed by atoms with Crippen molar-refractivity contribution < 1.29 is 17.9 Å². The first kappa shape index (κ1) is 16.0. The molecule has 1 amide bonds. The fourth-order valence-electron chi connectivity index (χ4n) is 2.32. The van der Waals surface area contributed by atoms with Crippen molar-refractivity contribution >= 4 is 15.9 Å². The lowest BCUT2D eigenvalue weighted by Crippen LogP contribution is -2.35. The summed E-state index contributed by atoms with van der Waals surface area (Å²) in [5.41, 5.74) is 1.90. The summed E-state index contributed by atoms with van der Waals surface area (Å²) in [4.78, 5) is 12.3. The van der Waals surface area contributed by atoms with Crippen LogP contribution in [-0.2, 0) is 19.6 Å². The molecule has 1 heterocycles. The summed E-state index contributed by atoms with van der Waals surface area (Å²) < 4.78 is 32.0. The average molecular weight is 311 g/mol. The molecule has 0 bridgehead atoms. The average Bonchev–Trinajstić information content (AvgIpc) is 2.70. The Morgan fingerprint density at radius 1 is 1.19 bits per heavy atom. The molecule has 0 aromatic heterocycles. The molecule has 1 atom stereocenters. The van der Waals surface area contributed by atoms with Crippen LogP contribution in [0.25, 0.3) is 0 Å². The van der Waals surface area contributed by atoms with E-state index in [0.717, 1.165) is 17.5 Å². The molecule has 116 valence electrons. The van der Waals surface area contributed by atoms with Crippen LogP contribution in [0.2, 0.25) is 0 Å². The van der Waals surface area contributed by atoms with E-state index in [-0.39, 0.29) is 10.8 Å². The van der Waals surface area contributed by atoms with Crippen molar-refractivity contribution in [2.45, 2.75) is 38.0 Å². The first-order chi connectivity index (χ1) is 9.90. The number of hydrogen-bond donors (Lipinski definition) is 1. The molecule has 0 radical (unpaired) electrons. The van der Waals surface area contributed by atoms with E-state index in [1.807, 2.05) is 13.8 Å². The van der Waals surface area contributed by atoms with Crippen LogP contribution in [-0.4, -0.2) is 27.5 Å². The summed E-state index contributed by atoms with van der Waals surface area (Å²) in [6, 6.07) is 4.85. The van der Waals surface area contributed by atoms with Crippen molar-refractivity contribution in [2.75, 3.05) is 13.2 Å². The lowest BCUT2D eigenvalue weighted by Gasteiger charge is -2.14. The van der Waals surface area contributed by atoms with Crippen LogP contribution in [0.1, 0.15) is 30.4 Å². The maximum absolute atomic E-state index is 12.3. The molecule has 1 N–H and O–H groups in total. The van der Waals surface area contributed by atoms with Crippen molar-refractivity contribution in [3.63, 3.8) is 0 Å². The number of aryl methyl sites for hydroxylation is 2. The molecule has 0 aliphatic carbocycles. The van der Waals surface area contributed by atoms with E-state index in [2.05, 4.69) is 4.72 Å². The first-order valence-electron chi connectivity index (χ1n) is 7.12. The maximum atomic E-state index is 12.3. The van der Waals surface area contributed by atoms with Gasteiger partial charge >= 0.3 is 0 Å². The molecule has 1 aromatic carbocycles. The molecule has 2 rings (SSSR count). The second kappa shape index (κ2) is 6.58. The van der Waals surface area contributed by atoms with Crippen LogP contribution in [0.3, 0.4) is 0 Å². The minimum Gasteiger partial charge on any atom is -0.381 e. The van der Waals surface area contributed by atoms with Crippen LogP contribution < -0.4 is 4.72 Å². The van der Waals surface area contributed by atoms with Gasteiger partial charge in [-0.2, -0.15) is 0 Å². The predicted octanol–water partition coefficient (Wildman–Crippen LogP) is 1.93. The second-order valence-corrected chi connectivity index (χ2v) is 7.14. The molecule has 1 aromatic rings. The summed E-state index contributed by atoms with van der Waals surface area (Å²) in [6.45, 7) is 4.89. The number of hydrogen-bond acceptors (Lipinski definition) is 4. The molecule has 1 aliphatic heterocycles. The molecular formula is C15H21NO4S. The third-order valence-corrected chi connectivity index (χ3v) is 5.19. The van der Waals surface area contributed by atoms with Gasteiger partial charge < -0.3 is 4.74 Å². The van der Waals surface area contributed by atoms with Gasteiger partial charge in [0.15, 0.2) is 0 Å². The zero-order chi connectivity index (χ0) is 15.5. The van der Waals surface area contributed by atoms with Crippen molar-refractivity contribution in [2.24, 2.45) is 5.92 Å². The molecule has 1 fully saturated rings. The van der Waals surface area contributed by atoms with Crippen molar-refractivity contribution in [3.05, 3.63) is 29.3 Å². The van der Waals surface area contributed by atoms with Gasteiger partial charge in [0.25, 0.3) is 10.0 Å². The quantitative estimate of drug-likeness (QED) is 0.925. The summed E-state index contributed by atoms with van der Waals surface area (Å²) in [6.07, 6.45) is 2.00. The minimum absolute atomic E-state index is 0.129. The van der Waals surface area contributed by atoms with Crippen LogP contribution in [0.15, 0.2) is 23.1 Å². The van der Waals surface area contributed by atoms with Gasteiger partial charge in [-0.1, -0.05) is 6.07 Å². The van der Waals surface area contributed by atoms with Crippen LogP contribution >= 0.6 is 0 Å².